The summed E-state index contributed by atoms with van der Waals surface area (Å²) in [5.74, 6) is -1.17. The van der Waals surface area contributed by atoms with Gasteiger partial charge >= 0.3 is 5.76 Å². The molecule has 0 amide bonds. The summed E-state index contributed by atoms with van der Waals surface area (Å²) in [6.45, 7) is 0. The Hall–Kier alpha value is -1.85. The summed E-state index contributed by atoms with van der Waals surface area (Å²) < 4.78 is 6.89. The lowest BCUT2D eigenvalue weighted by atomic mass is 10.2. The molecule has 20 heavy (non-hydrogen) atoms. The summed E-state index contributed by atoms with van der Waals surface area (Å²) in [6.07, 6.45) is 0. The summed E-state index contributed by atoms with van der Waals surface area (Å²) in [5, 5.41) is 0.439. The predicted molar refractivity (Wildman–Crippen MR) is 79.4 cm³/mol. The molecule has 0 fully saturated rings. The van der Waals surface area contributed by atoms with Crippen LogP contribution in [-0.2, 0) is 0 Å². The fourth-order valence-electron chi connectivity index (χ4n) is 1.91. The summed E-state index contributed by atoms with van der Waals surface area (Å²) >= 11 is 9.13. The second-order valence-electron chi connectivity index (χ2n) is 4.13. The van der Waals surface area contributed by atoms with Crippen molar-refractivity contribution in [1.29, 1.82) is 0 Å². The maximum atomic E-state index is 12.4. The maximum Gasteiger partial charge on any atom is 0.427 e. The van der Waals surface area contributed by atoms with Crippen molar-refractivity contribution in [1.82, 2.24) is 4.57 Å². The van der Waals surface area contributed by atoms with Gasteiger partial charge in [-0.05, 0) is 36.4 Å². The fraction of sp³-hybridized carbons (Fsp3) is 0. The molecule has 0 aliphatic carbocycles. The Balaban J connectivity index is 2.19. The number of carbonyl (C=O) groups excluding carboxylic acids is 1. The number of halogens is 2. The van der Waals surface area contributed by atoms with E-state index in [2.05, 4.69) is 15.9 Å². The molecule has 0 aliphatic heterocycles. The lowest BCUT2D eigenvalue weighted by Crippen LogP contribution is -2.23. The Labute approximate surface area is 126 Å². The number of benzene rings is 2. The van der Waals surface area contributed by atoms with Crippen molar-refractivity contribution in [2.45, 2.75) is 0 Å². The molecule has 100 valence electrons. The molecular weight excluding hydrogens is 346 g/mol. The van der Waals surface area contributed by atoms with Crippen LogP contribution < -0.4 is 5.76 Å². The van der Waals surface area contributed by atoms with Gasteiger partial charge in [-0.3, -0.25) is 4.79 Å². The standard InChI is InChI=1S/C14H7BrClNO3/c15-9-3-1-8(2-4-9)13(18)17-11-6-5-10(16)7-12(11)20-14(17)19/h1-7H. The fourth-order valence-corrected chi connectivity index (χ4v) is 2.33. The second kappa shape index (κ2) is 4.92. The lowest BCUT2D eigenvalue weighted by Gasteiger charge is -2.01. The van der Waals surface area contributed by atoms with Gasteiger partial charge < -0.3 is 4.42 Å². The highest BCUT2D eigenvalue weighted by Gasteiger charge is 2.17. The number of rotatable bonds is 1. The summed E-state index contributed by atoms with van der Waals surface area (Å²) in [7, 11) is 0. The average Bonchev–Trinajstić information content (AvgIpc) is 2.73. The summed E-state index contributed by atoms with van der Waals surface area (Å²) in [4.78, 5) is 24.2. The van der Waals surface area contributed by atoms with Crippen molar-refractivity contribution in [3.8, 4) is 0 Å². The molecule has 2 aromatic carbocycles. The van der Waals surface area contributed by atoms with Crippen LogP contribution in [0.1, 0.15) is 10.4 Å². The number of aromatic nitrogens is 1. The van der Waals surface area contributed by atoms with E-state index in [9.17, 15) is 9.59 Å². The maximum absolute atomic E-state index is 12.4. The molecule has 0 aliphatic rings. The van der Waals surface area contributed by atoms with Crippen LogP contribution in [0.25, 0.3) is 11.1 Å². The van der Waals surface area contributed by atoms with Gasteiger partial charge in [-0.15, -0.1) is 0 Å². The molecule has 0 bridgehead atoms. The first-order valence-electron chi connectivity index (χ1n) is 5.67. The van der Waals surface area contributed by atoms with Crippen LogP contribution in [0, 0.1) is 0 Å². The minimum atomic E-state index is -0.727. The molecule has 3 aromatic rings. The zero-order valence-electron chi connectivity index (χ0n) is 9.97. The first kappa shape index (κ1) is 13.1. The van der Waals surface area contributed by atoms with Crippen LogP contribution in [0.4, 0.5) is 0 Å². The molecule has 6 heteroatoms. The van der Waals surface area contributed by atoms with Gasteiger partial charge in [-0.1, -0.05) is 27.5 Å². The summed E-state index contributed by atoms with van der Waals surface area (Å²) in [5.41, 5.74) is 1.08. The average molecular weight is 353 g/mol. The molecule has 0 saturated carbocycles. The Morgan fingerprint density at radius 1 is 1.15 bits per heavy atom. The zero-order valence-corrected chi connectivity index (χ0v) is 12.3. The van der Waals surface area contributed by atoms with E-state index in [1.165, 1.54) is 6.07 Å². The Bertz CT molecular complexity index is 864. The highest BCUT2D eigenvalue weighted by Crippen LogP contribution is 2.19. The zero-order chi connectivity index (χ0) is 14.3. The molecule has 0 atom stereocenters. The lowest BCUT2D eigenvalue weighted by molar-refractivity contribution is 0.0956. The Morgan fingerprint density at radius 3 is 2.55 bits per heavy atom. The molecule has 0 spiro atoms. The normalized spacial score (nSPS) is 10.9. The number of nitrogens with zero attached hydrogens (tertiary/aromatic N) is 1. The predicted octanol–water partition coefficient (Wildman–Crippen LogP) is 3.70. The molecule has 0 saturated heterocycles. The Kier molecular flexibility index (Phi) is 3.23. The van der Waals surface area contributed by atoms with Gasteiger partial charge in [0.2, 0.25) is 0 Å². The van der Waals surface area contributed by atoms with E-state index < -0.39 is 11.7 Å². The second-order valence-corrected chi connectivity index (χ2v) is 5.48. The van der Waals surface area contributed by atoms with Crippen molar-refractivity contribution in [2.24, 2.45) is 0 Å². The number of carbonyl (C=O) groups is 1. The number of hydrogen-bond donors (Lipinski definition) is 0. The van der Waals surface area contributed by atoms with Gasteiger partial charge in [0, 0.05) is 21.1 Å². The topological polar surface area (TPSA) is 52.2 Å². The third-order valence-corrected chi connectivity index (χ3v) is 3.60. The number of fused-ring (bicyclic) bond motifs is 1. The number of hydrogen-bond acceptors (Lipinski definition) is 3. The highest BCUT2D eigenvalue weighted by molar-refractivity contribution is 9.10. The SMILES string of the molecule is O=C(c1ccc(Br)cc1)n1c(=O)oc2cc(Cl)ccc21. The van der Waals surface area contributed by atoms with Crippen LogP contribution in [0.15, 0.2) is 56.1 Å². The minimum Gasteiger partial charge on any atom is -0.407 e. The van der Waals surface area contributed by atoms with Crippen molar-refractivity contribution in [3.63, 3.8) is 0 Å². The molecule has 0 unspecified atom stereocenters. The molecule has 4 nitrogen and oxygen atoms in total. The van der Waals surface area contributed by atoms with Crippen molar-refractivity contribution < 1.29 is 9.21 Å². The van der Waals surface area contributed by atoms with Crippen LogP contribution in [-0.4, -0.2) is 10.5 Å². The minimum absolute atomic E-state index is 0.285. The van der Waals surface area contributed by atoms with Gasteiger partial charge in [0.05, 0.1) is 5.52 Å². The monoisotopic (exact) mass is 351 g/mol. The quantitative estimate of drug-likeness (QED) is 0.671. The van der Waals surface area contributed by atoms with E-state index in [0.29, 0.717) is 16.1 Å². The third-order valence-electron chi connectivity index (χ3n) is 2.84. The third kappa shape index (κ3) is 2.19. The first-order valence-corrected chi connectivity index (χ1v) is 6.85. The van der Waals surface area contributed by atoms with E-state index in [1.54, 1.807) is 36.4 Å². The molecule has 1 aromatic heterocycles. The van der Waals surface area contributed by atoms with Gasteiger partial charge in [0.25, 0.3) is 5.91 Å². The van der Waals surface area contributed by atoms with Crippen molar-refractivity contribution >= 4 is 44.5 Å². The first-order chi connectivity index (χ1) is 9.56. The van der Waals surface area contributed by atoms with Gasteiger partial charge in [-0.25, -0.2) is 9.36 Å². The van der Waals surface area contributed by atoms with Gasteiger partial charge in [0.1, 0.15) is 0 Å². The molecule has 3 rings (SSSR count). The molecule has 1 heterocycles. The van der Waals surface area contributed by atoms with Crippen molar-refractivity contribution in [3.05, 3.63) is 68.1 Å². The van der Waals surface area contributed by atoms with Gasteiger partial charge in [0.15, 0.2) is 5.58 Å². The van der Waals surface area contributed by atoms with Crippen LogP contribution in [0.3, 0.4) is 0 Å². The number of oxazole rings is 1. The van der Waals surface area contributed by atoms with E-state index in [-0.39, 0.29) is 5.58 Å². The Morgan fingerprint density at radius 2 is 1.85 bits per heavy atom. The van der Waals surface area contributed by atoms with E-state index >= 15 is 0 Å². The van der Waals surface area contributed by atoms with Crippen LogP contribution >= 0.6 is 27.5 Å². The molecular formula is C14H7BrClNO3. The van der Waals surface area contributed by atoms with Crippen molar-refractivity contribution in [2.75, 3.05) is 0 Å². The van der Waals surface area contributed by atoms with Crippen LogP contribution in [0.5, 0.6) is 0 Å². The highest BCUT2D eigenvalue weighted by atomic mass is 79.9. The molecule has 0 radical (unpaired) electrons. The molecule has 0 N–H and O–H groups in total. The summed E-state index contributed by atoms with van der Waals surface area (Å²) in [6, 6.07) is 11.4. The van der Waals surface area contributed by atoms with E-state index in [4.69, 9.17) is 16.0 Å². The largest absolute Gasteiger partial charge is 0.427 e. The smallest absolute Gasteiger partial charge is 0.407 e. The van der Waals surface area contributed by atoms with Gasteiger partial charge in [-0.2, -0.15) is 0 Å². The van der Waals surface area contributed by atoms with E-state index in [1.807, 2.05) is 0 Å². The van der Waals surface area contributed by atoms with Crippen LogP contribution in [0.2, 0.25) is 5.02 Å². The van der Waals surface area contributed by atoms with E-state index in [0.717, 1.165) is 9.04 Å².